The second kappa shape index (κ2) is 8.66. The molecule has 10 heteroatoms. The van der Waals surface area contributed by atoms with E-state index in [1.807, 2.05) is 56.4 Å². The third-order valence-corrected chi connectivity index (χ3v) is 6.59. The molecule has 0 saturated heterocycles. The summed E-state index contributed by atoms with van der Waals surface area (Å²) < 4.78 is 15.8. The van der Waals surface area contributed by atoms with Crippen LogP contribution < -0.4 is 15.6 Å². The lowest BCUT2D eigenvalue weighted by molar-refractivity contribution is 0.0954. The van der Waals surface area contributed by atoms with Crippen LogP contribution in [0.3, 0.4) is 0 Å². The first-order valence-electron chi connectivity index (χ1n) is 11.8. The molecular weight excluding hydrogens is 473 g/mol. The Hall–Kier alpha value is -4.86. The molecule has 186 valence electrons. The van der Waals surface area contributed by atoms with Gasteiger partial charge in [0, 0.05) is 29.7 Å². The molecule has 0 fully saturated rings. The van der Waals surface area contributed by atoms with E-state index in [9.17, 15) is 14.3 Å². The zero-order valence-electron chi connectivity index (χ0n) is 20.1. The van der Waals surface area contributed by atoms with Gasteiger partial charge in [-0.1, -0.05) is 18.2 Å². The van der Waals surface area contributed by atoms with E-state index in [4.69, 9.17) is 0 Å². The predicted octanol–water partition coefficient (Wildman–Crippen LogP) is 4.61. The van der Waals surface area contributed by atoms with Gasteiger partial charge in [0.25, 0.3) is 5.91 Å². The number of hydrogen-bond acceptors (Lipinski definition) is 6. The van der Waals surface area contributed by atoms with Crippen LogP contribution in [0.4, 0.5) is 15.9 Å². The maximum atomic E-state index is 14.1. The molecule has 1 amide bonds. The number of amides is 1. The van der Waals surface area contributed by atoms with Crippen LogP contribution in [0.5, 0.6) is 5.75 Å². The Morgan fingerprint density at radius 2 is 1.95 bits per heavy atom. The summed E-state index contributed by atoms with van der Waals surface area (Å²) >= 11 is 0. The van der Waals surface area contributed by atoms with Crippen LogP contribution in [-0.4, -0.2) is 42.8 Å². The number of phenols is 1. The molecule has 0 bridgehead atoms. The van der Waals surface area contributed by atoms with Crippen molar-refractivity contribution >= 4 is 28.4 Å². The van der Waals surface area contributed by atoms with Gasteiger partial charge < -0.3 is 20.8 Å². The van der Waals surface area contributed by atoms with Crippen LogP contribution in [0.15, 0.2) is 73.3 Å². The van der Waals surface area contributed by atoms with Crippen molar-refractivity contribution in [3.05, 3.63) is 90.4 Å². The second-order valence-corrected chi connectivity index (χ2v) is 9.08. The summed E-state index contributed by atoms with van der Waals surface area (Å²) in [6.07, 6.45) is 4.51. The van der Waals surface area contributed by atoms with Gasteiger partial charge in [0.2, 0.25) is 0 Å². The molecule has 1 aliphatic heterocycles. The highest BCUT2D eigenvalue weighted by Crippen LogP contribution is 2.35. The molecule has 37 heavy (non-hydrogen) atoms. The van der Waals surface area contributed by atoms with Crippen LogP contribution >= 0.6 is 0 Å². The first-order chi connectivity index (χ1) is 17.9. The molecule has 2 aromatic carbocycles. The van der Waals surface area contributed by atoms with E-state index in [0.717, 1.165) is 17.3 Å². The zero-order chi connectivity index (χ0) is 25.7. The minimum absolute atomic E-state index is 0.114. The fourth-order valence-corrected chi connectivity index (χ4v) is 4.88. The van der Waals surface area contributed by atoms with Gasteiger partial charge in [0.1, 0.15) is 41.2 Å². The van der Waals surface area contributed by atoms with E-state index in [0.29, 0.717) is 33.7 Å². The Kier molecular flexibility index (Phi) is 5.29. The molecule has 2 atom stereocenters. The summed E-state index contributed by atoms with van der Waals surface area (Å²) in [5.41, 5.74) is 7.34. The van der Waals surface area contributed by atoms with E-state index in [1.54, 1.807) is 15.8 Å². The van der Waals surface area contributed by atoms with Gasteiger partial charge in [-0.05, 0) is 55.3 Å². The van der Waals surface area contributed by atoms with Crippen LogP contribution in [0, 0.1) is 12.7 Å². The molecular formula is C27H24FN7O2. The number of carbonyl (C=O) groups is 1. The number of halogens is 1. The monoisotopic (exact) mass is 497 g/mol. The second-order valence-electron chi connectivity index (χ2n) is 9.08. The van der Waals surface area contributed by atoms with Gasteiger partial charge in [-0.3, -0.25) is 14.4 Å². The molecule has 5 aromatic rings. The fraction of sp³-hybridized carbons (Fsp3) is 0.148. The normalized spacial score (nSPS) is 15.9. The summed E-state index contributed by atoms with van der Waals surface area (Å²) in [4.78, 5) is 27.3. The molecule has 0 aliphatic carbocycles. The Morgan fingerprint density at radius 3 is 2.73 bits per heavy atom. The van der Waals surface area contributed by atoms with Gasteiger partial charge in [-0.2, -0.15) is 0 Å². The van der Waals surface area contributed by atoms with Gasteiger partial charge in [0.15, 0.2) is 0 Å². The van der Waals surface area contributed by atoms with Crippen molar-refractivity contribution in [2.24, 2.45) is 0 Å². The molecule has 0 spiro atoms. The number of aryl methyl sites for hydroxylation is 1. The summed E-state index contributed by atoms with van der Waals surface area (Å²) in [5.74, 6) is -0.332. The van der Waals surface area contributed by atoms with Gasteiger partial charge >= 0.3 is 0 Å². The van der Waals surface area contributed by atoms with Crippen molar-refractivity contribution < 1.29 is 14.3 Å². The number of carbonyl (C=O) groups excluding carboxylic acids is 1. The van der Waals surface area contributed by atoms with E-state index < -0.39 is 12.0 Å². The third kappa shape index (κ3) is 3.83. The lowest BCUT2D eigenvalue weighted by Crippen LogP contribution is -2.59. The minimum Gasteiger partial charge on any atom is -0.508 e. The number of para-hydroxylation sites is 1. The zero-order valence-corrected chi connectivity index (χ0v) is 20.1. The van der Waals surface area contributed by atoms with Crippen molar-refractivity contribution in [3.63, 3.8) is 0 Å². The molecule has 1 aliphatic rings. The van der Waals surface area contributed by atoms with Crippen molar-refractivity contribution in [1.29, 1.82) is 0 Å². The number of benzene rings is 2. The molecule has 4 N–H and O–H groups in total. The average molecular weight is 498 g/mol. The lowest BCUT2D eigenvalue weighted by Gasteiger charge is -2.41. The van der Waals surface area contributed by atoms with Crippen LogP contribution in [0.25, 0.3) is 22.2 Å². The van der Waals surface area contributed by atoms with Gasteiger partial charge in [0.05, 0.1) is 11.4 Å². The number of hydrogen-bond donors (Lipinski definition) is 4. The number of aromatic hydroxyl groups is 1. The van der Waals surface area contributed by atoms with E-state index in [-0.39, 0.29) is 17.7 Å². The van der Waals surface area contributed by atoms with Gasteiger partial charge in [-0.25, -0.2) is 14.4 Å². The maximum absolute atomic E-state index is 14.1. The summed E-state index contributed by atoms with van der Waals surface area (Å²) in [6.45, 7) is 3.86. The van der Waals surface area contributed by atoms with Crippen LogP contribution in [-0.2, 0) is 0 Å². The average Bonchev–Trinajstić information content (AvgIpc) is 3.48. The Labute approximate surface area is 211 Å². The smallest absolute Gasteiger partial charge is 0.278 e. The summed E-state index contributed by atoms with van der Waals surface area (Å²) in [5, 5.41) is 14.0. The number of H-pyrrole nitrogens is 1. The number of phenolic OH excluding ortho intramolecular Hbond substituents is 1. The van der Waals surface area contributed by atoms with E-state index in [1.165, 1.54) is 18.5 Å². The molecule has 1 unspecified atom stereocenters. The first kappa shape index (κ1) is 22.6. The highest BCUT2D eigenvalue weighted by Gasteiger charge is 2.37. The van der Waals surface area contributed by atoms with Crippen LogP contribution in [0.1, 0.15) is 23.0 Å². The number of aromatic nitrogens is 4. The summed E-state index contributed by atoms with van der Waals surface area (Å²) in [7, 11) is 0. The molecule has 4 heterocycles. The quantitative estimate of drug-likeness (QED) is 0.282. The third-order valence-electron chi connectivity index (χ3n) is 6.59. The van der Waals surface area contributed by atoms with Crippen molar-refractivity contribution in [1.82, 2.24) is 19.6 Å². The summed E-state index contributed by atoms with van der Waals surface area (Å²) in [6, 6.07) is 15.0. The number of fused-ring (bicyclic) bond motifs is 2. The lowest BCUT2D eigenvalue weighted by atomic mass is 10.0. The van der Waals surface area contributed by atoms with E-state index >= 15 is 0 Å². The first-order valence-corrected chi connectivity index (χ1v) is 11.8. The predicted molar refractivity (Wildman–Crippen MR) is 140 cm³/mol. The van der Waals surface area contributed by atoms with E-state index in [2.05, 4.69) is 25.7 Å². The number of rotatable bonds is 5. The number of nitrogens with one attached hydrogen (secondary N) is 3. The maximum Gasteiger partial charge on any atom is 0.278 e. The Bertz CT molecular complexity index is 1610. The Balaban J connectivity index is 1.41. The number of anilines is 2. The largest absolute Gasteiger partial charge is 0.508 e. The molecule has 6 rings (SSSR count). The molecule has 9 nitrogen and oxygen atoms in total. The highest BCUT2D eigenvalue weighted by molar-refractivity contribution is 6.08. The van der Waals surface area contributed by atoms with Crippen molar-refractivity contribution in [2.75, 3.05) is 15.6 Å². The van der Waals surface area contributed by atoms with Crippen molar-refractivity contribution in [2.45, 2.75) is 26.1 Å². The molecule has 0 radical (unpaired) electrons. The topological polar surface area (TPSA) is 111 Å². The SMILES string of the molecule is Cc1ccn2c1C(=O)N(c1ccccc1)C([C@H](C)Nc1ncnc3[nH]cc(-c4cc(O)cc(F)c4)c13)N2. The van der Waals surface area contributed by atoms with Crippen molar-refractivity contribution in [3.8, 4) is 16.9 Å². The number of nitrogens with zero attached hydrogens (tertiary/aromatic N) is 4. The standard InChI is InChI=1S/C27H24FN7O2/c1-15-8-9-34-23(15)27(37)35(19-6-4-3-5-7-19)26(33-34)16(2)32-25-22-21(13-29-24(22)30-14-31-25)17-10-18(28)12-20(36)11-17/h3-14,16,26,33,36H,1-2H3,(H2,29,30,31,32)/t16-,26?/m0/s1. The highest BCUT2D eigenvalue weighted by atomic mass is 19.1. The molecule has 0 saturated carbocycles. The minimum atomic E-state index is -0.551. The van der Waals surface area contributed by atoms with Crippen LogP contribution in [0.2, 0.25) is 0 Å². The van der Waals surface area contributed by atoms with Gasteiger partial charge in [-0.15, -0.1) is 0 Å². The Morgan fingerprint density at radius 1 is 1.14 bits per heavy atom. The number of aromatic amines is 1. The molecule has 3 aromatic heterocycles. The fourth-order valence-electron chi connectivity index (χ4n) is 4.88.